The summed E-state index contributed by atoms with van der Waals surface area (Å²) in [5.74, 6) is 0. The Balaban J connectivity index is 3.46. The molecule has 1 atom stereocenters. The topological polar surface area (TPSA) is 35.5 Å². The summed E-state index contributed by atoms with van der Waals surface area (Å²) in [6, 6.07) is 0. The lowest BCUT2D eigenvalue weighted by molar-refractivity contribution is 0.0935. The Morgan fingerprint density at radius 3 is 2.23 bits per heavy atom. The van der Waals surface area contributed by atoms with E-state index in [2.05, 4.69) is 31.0 Å². The first-order chi connectivity index (χ1) is 5.81. The molecule has 0 aromatic heterocycles. The maximum absolute atomic E-state index is 9.57. The van der Waals surface area contributed by atoms with E-state index in [0.29, 0.717) is 0 Å². The van der Waals surface area contributed by atoms with E-state index in [1.807, 2.05) is 14.1 Å². The molecule has 3 nitrogen and oxygen atoms in total. The second kappa shape index (κ2) is 5.58. The highest BCUT2D eigenvalue weighted by atomic mass is 16.3. The molecule has 0 fully saturated rings. The van der Waals surface area contributed by atoms with Gasteiger partial charge in [0.2, 0.25) is 0 Å². The Bertz CT molecular complexity index is 129. The van der Waals surface area contributed by atoms with Gasteiger partial charge in [0.05, 0.1) is 0 Å². The number of aliphatic hydroxyl groups excluding tert-OH is 1. The zero-order valence-electron chi connectivity index (χ0n) is 9.59. The van der Waals surface area contributed by atoms with Crippen LogP contribution in [0.15, 0.2) is 0 Å². The maximum atomic E-state index is 9.57. The molecule has 0 radical (unpaired) electrons. The molecule has 0 aromatic rings. The molecule has 1 unspecified atom stereocenters. The summed E-state index contributed by atoms with van der Waals surface area (Å²) in [5.41, 5.74) is -0.00245. The monoisotopic (exact) mass is 188 g/mol. The van der Waals surface area contributed by atoms with Crippen LogP contribution in [0.4, 0.5) is 0 Å². The van der Waals surface area contributed by atoms with Crippen LogP contribution in [0.3, 0.4) is 0 Å². The molecular formula is C10H24N2O. The molecule has 0 bridgehead atoms. The summed E-state index contributed by atoms with van der Waals surface area (Å²) in [4.78, 5) is 2.13. The van der Waals surface area contributed by atoms with Crippen LogP contribution < -0.4 is 5.32 Å². The Morgan fingerprint density at radius 2 is 1.85 bits per heavy atom. The van der Waals surface area contributed by atoms with Crippen LogP contribution in [0, 0.1) is 0 Å². The van der Waals surface area contributed by atoms with E-state index in [-0.39, 0.29) is 11.8 Å². The second-order valence-corrected chi connectivity index (χ2v) is 4.86. The number of nitrogens with one attached hydrogen (secondary N) is 1. The highest BCUT2D eigenvalue weighted by Gasteiger charge is 2.13. The van der Waals surface area contributed by atoms with Crippen LogP contribution in [0.25, 0.3) is 0 Å². The van der Waals surface area contributed by atoms with E-state index >= 15 is 0 Å². The zero-order valence-corrected chi connectivity index (χ0v) is 9.59. The molecule has 0 aliphatic rings. The summed E-state index contributed by atoms with van der Waals surface area (Å²) in [7, 11) is 4.09. The molecule has 0 aliphatic carbocycles. The minimum absolute atomic E-state index is 0.00245. The van der Waals surface area contributed by atoms with E-state index in [4.69, 9.17) is 0 Å². The molecule has 2 N–H and O–H groups in total. The van der Waals surface area contributed by atoms with E-state index in [9.17, 15) is 5.11 Å². The molecule has 3 heteroatoms. The van der Waals surface area contributed by atoms with Gasteiger partial charge in [0.25, 0.3) is 0 Å². The first-order valence-corrected chi connectivity index (χ1v) is 4.92. The van der Waals surface area contributed by atoms with Crippen molar-refractivity contribution in [2.45, 2.75) is 45.4 Å². The summed E-state index contributed by atoms with van der Waals surface area (Å²) >= 11 is 0. The van der Waals surface area contributed by atoms with Crippen molar-refractivity contribution in [2.24, 2.45) is 0 Å². The Morgan fingerprint density at radius 1 is 1.31 bits per heavy atom. The number of nitrogens with zero attached hydrogens (tertiary/aromatic N) is 1. The average molecular weight is 188 g/mol. The highest BCUT2D eigenvalue weighted by Crippen LogP contribution is 2.03. The SMILES string of the molecule is CN(C)CCCC(O)NC(C)(C)C. The maximum Gasteiger partial charge on any atom is 0.105 e. The van der Waals surface area contributed by atoms with Crippen molar-refractivity contribution in [3.63, 3.8) is 0 Å². The predicted octanol–water partition coefficient (Wildman–Crippen LogP) is 1.03. The van der Waals surface area contributed by atoms with E-state index < -0.39 is 0 Å². The first-order valence-electron chi connectivity index (χ1n) is 4.92. The van der Waals surface area contributed by atoms with Gasteiger partial charge in [0.15, 0.2) is 0 Å². The normalized spacial score (nSPS) is 15.0. The number of rotatable bonds is 5. The fourth-order valence-corrected chi connectivity index (χ4v) is 1.17. The van der Waals surface area contributed by atoms with Crippen molar-refractivity contribution >= 4 is 0 Å². The third-order valence-corrected chi connectivity index (χ3v) is 1.68. The van der Waals surface area contributed by atoms with Gasteiger partial charge in [-0.3, -0.25) is 5.32 Å². The minimum Gasteiger partial charge on any atom is -0.379 e. The fraction of sp³-hybridized carbons (Fsp3) is 1.00. The second-order valence-electron chi connectivity index (χ2n) is 4.86. The van der Waals surface area contributed by atoms with Crippen molar-refractivity contribution in [3.05, 3.63) is 0 Å². The first kappa shape index (κ1) is 12.9. The standard InChI is InChI=1S/C10H24N2O/c1-10(2,3)11-9(13)7-6-8-12(4)5/h9,11,13H,6-8H2,1-5H3. The lowest BCUT2D eigenvalue weighted by Crippen LogP contribution is -2.43. The third kappa shape index (κ3) is 9.80. The van der Waals surface area contributed by atoms with Crippen molar-refractivity contribution in [1.82, 2.24) is 10.2 Å². The molecule has 0 saturated heterocycles. The van der Waals surface area contributed by atoms with Crippen LogP contribution in [-0.2, 0) is 0 Å². The Labute approximate surface area is 82.1 Å². The largest absolute Gasteiger partial charge is 0.379 e. The quantitative estimate of drug-likeness (QED) is 0.633. The Hall–Kier alpha value is -0.120. The van der Waals surface area contributed by atoms with Gasteiger partial charge in [-0.2, -0.15) is 0 Å². The van der Waals surface area contributed by atoms with Crippen LogP contribution in [0.5, 0.6) is 0 Å². The van der Waals surface area contributed by atoms with Gasteiger partial charge in [0, 0.05) is 5.54 Å². The lowest BCUT2D eigenvalue weighted by atomic mass is 10.1. The van der Waals surface area contributed by atoms with Crippen molar-refractivity contribution in [2.75, 3.05) is 20.6 Å². The smallest absolute Gasteiger partial charge is 0.105 e. The van der Waals surface area contributed by atoms with E-state index in [1.165, 1.54) is 0 Å². The molecule has 13 heavy (non-hydrogen) atoms. The number of hydrogen-bond donors (Lipinski definition) is 2. The van der Waals surface area contributed by atoms with Gasteiger partial charge in [0.1, 0.15) is 6.23 Å². The summed E-state index contributed by atoms with van der Waals surface area (Å²) < 4.78 is 0. The van der Waals surface area contributed by atoms with Crippen LogP contribution >= 0.6 is 0 Å². The van der Waals surface area contributed by atoms with Crippen molar-refractivity contribution < 1.29 is 5.11 Å². The van der Waals surface area contributed by atoms with E-state index in [1.54, 1.807) is 0 Å². The van der Waals surface area contributed by atoms with Gasteiger partial charge in [-0.1, -0.05) is 0 Å². The van der Waals surface area contributed by atoms with Gasteiger partial charge < -0.3 is 10.0 Å². The van der Waals surface area contributed by atoms with Gasteiger partial charge >= 0.3 is 0 Å². The van der Waals surface area contributed by atoms with Crippen LogP contribution in [0.2, 0.25) is 0 Å². The molecule has 0 saturated carbocycles. The van der Waals surface area contributed by atoms with Gasteiger partial charge in [-0.15, -0.1) is 0 Å². The van der Waals surface area contributed by atoms with Crippen LogP contribution in [-0.4, -0.2) is 42.4 Å². The molecular weight excluding hydrogens is 164 g/mol. The summed E-state index contributed by atoms with van der Waals surface area (Å²) in [5, 5.41) is 12.7. The predicted molar refractivity (Wildman–Crippen MR) is 56.7 cm³/mol. The molecule has 0 heterocycles. The number of aliphatic hydroxyl groups is 1. The molecule has 0 aromatic carbocycles. The summed E-state index contributed by atoms with van der Waals surface area (Å²) in [6.45, 7) is 7.20. The van der Waals surface area contributed by atoms with Gasteiger partial charge in [-0.05, 0) is 54.3 Å². The fourth-order valence-electron chi connectivity index (χ4n) is 1.17. The molecule has 0 amide bonds. The van der Waals surface area contributed by atoms with Gasteiger partial charge in [-0.25, -0.2) is 0 Å². The minimum atomic E-state index is -0.375. The molecule has 0 aliphatic heterocycles. The Kier molecular flexibility index (Phi) is 5.53. The third-order valence-electron chi connectivity index (χ3n) is 1.68. The highest BCUT2D eigenvalue weighted by molar-refractivity contribution is 4.72. The number of hydrogen-bond acceptors (Lipinski definition) is 3. The molecule has 80 valence electrons. The molecule has 0 spiro atoms. The summed E-state index contributed by atoms with van der Waals surface area (Å²) in [6.07, 6.45) is 1.46. The van der Waals surface area contributed by atoms with Crippen molar-refractivity contribution in [3.8, 4) is 0 Å². The lowest BCUT2D eigenvalue weighted by Gasteiger charge is -2.25. The average Bonchev–Trinajstić information content (AvgIpc) is 1.81. The zero-order chi connectivity index (χ0) is 10.5. The van der Waals surface area contributed by atoms with Crippen molar-refractivity contribution in [1.29, 1.82) is 0 Å². The van der Waals surface area contributed by atoms with E-state index in [0.717, 1.165) is 19.4 Å². The van der Waals surface area contributed by atoms with Crippen LogP contribution in [0.1, 0.15) is 33.6 Å². The molecule has 0 rings (SSSR count).